The van der Waals surface area contributed by atoms with Gasteiger partial charge < -0.3 is 0 Å². The molecule has 0 heterocycles. The Balaban J connectivity index is 2.05. The maximum Gasteiger partial charge on any atom is 0.139 e. The molecule has 0 amide bonds. The fraction of sp³-hybridized carbons (Fsp3) is 0.900. The van der Waals surface area contributed by atoms with Crippen LogP contribution in [-0.2, 0) is 4.79 Å². The summed E-state index contributed by atoms with van der Waals surface area (Å²) >= 11 is 0. The fourth-order valence-corrected chi connectivity index (χ4v) is 2.86. The first-order valence-corrected chi connectivity index (χ1v) is 4.86. The Morgan fingerprint density at radius 3 is 2.82 bits per heavy atom. The highest BCUT2D eigenvalue weighted by Gasteiger charge is 2.45. The predicted molar refractivity (Wildman–Crippen MR) is 44.2 cm³/mol. The molecule has 62 valence electrons. The highest BCUT2D eigenvalue weighted by atomic mass is 16.1. The van der Waals surface area contributed by atoms with Gasteiger partial charge in [-0.05, 0) is 31.6 Å². The Kier molecular flexibility index (Phi) is 1.74. The molecule has 0 spiro atoms. The van der Waals surface area contributed by atoms with E-state index in [-0.39, 0.29) is 0 Å². The van der Waals surface area contributed by atoms with E-state index in [4.69, 9.17) is 0 Å². The van der Waals surface area contributed by atoms with E-state index in [2.05, 4.69) is 6.92 Å². The Morgan fingerprint density at radius 2 is 2.27 bits per heavy atom. The lowest BCUT2D eigenvalue weighted by molar-refractivity contribution is -0.125. The summed E-state index contributed by atoms with van der Waals surface area (Å²) in [5, 5.41) is 0. The number of Topliss-reactive ketones (excluding diaryl/α,β-unsaturated/α-hetero) is 1. The van der Waals surface area contributed by atoms with Gasteiger partial charge in [0, 0.05) is 11.8 Å². The van der Waals surface area contributed by atoms with Crippen molar-refractivity contribution in [2.75, 3.05) is 0 Å². The maximum atomic E-state index is 11.6. The van der Waals surface area contributed by atoms with E-state index in [0.29, 0.717) is 17.6 Å². The molecule has 2 aliphatic rings. The Labute approximate surface area is 68.2 Å². The molecule has 2 saturated carbocycles. The molecule has 11 heavy (non-hydrogen) atoms. The molecule has 2 fully saturated rings. The largest absolute Gasteiger partial charge is 0.299 e. The molecule has 0 saturated heterocycles. The Bertz CT molecular complexity index is 174. The summed E-state index contributed by atoms with van der Waals surface area (Å²) < 4.78 is 0. The molecule has 0 unspecified atom stereocenters. The first kappa shape index (κ1) is 7.33. The summed E-state index contributed by atoms with van der Waals surface area (Å²) in [5.41, 5.74) is 0. The van der Waals surface area contributed by atoms with E-state index in [9.17, 15) is 4.79 Å². The second kappa shape index (κ2) is 2.62. The topological polar surface area (TPSA) is 17.1 Å². The van der Waals surface area contributed by atoms with Crippen LogP contribution in [0.2, 0.25) is 0 Å². The minimum Gasteiger partial charge on any atom is -0.299 e. The number of ketones is 1. The Morgan fingerprint density at radius 1 is 1.45 bits per heavy atom. The van der Waals surface area contributed by atoms with Crippen LogP contribution >= 0.6 is 0 Å². The first-order chi connectivity index (χ1) is 5.33. The third-order valence-corrected chi connectivity index (χ3v) is 3.41. The van der Waals surface area contributed by atoms with Gasteiger partial charge in [0.05, 0.1) is 0 Å². The van der Waals surface area contributed by atoms with Crippen LogP contribution in [0.3, 0.4) is 0 Å². The zero-order valence-corrected chi connectivity index (χ0v) is 7.18. The molecule has 0 N–H and O–H groups in total. The van der Waals surface area contributed by atoms with Crippen molar-refractivity contribution in [3.8, 4) is 0 Å². The number of carbonyl (C=O) groups excluding carboxylic acids is 1. The van der Waals surface area contributed by atoms with E-state index < -0.39 is 0 Å². The monoisotopic (exact) mass is 152 g/mol. The van der Waals surface area contributed by atoms with Gasteiger partial charge in [0.2, 0.25) is 0 Å². The number of fused-ring (bicyclic) bond motifs is 2. The predicted octanol–water partition coefficient (Wildman–Crippen LogP) is 2.40. The van der Waals surface area contributed by atoms with E-state index in [1.807, 2.05) is 0 Å². The van der Waals surface area contributed by atoms with Gasteiger partial charge in [0.15, 0.2) is 0 Å². The molecular weight excluding hydrogens is 136 g/mol. The zero-order valence-electron chi connectivity index (χ0n) is 7.18. The lowest BCUT2D eigenvalue weighted by Gasteiger charge is -2.19. The van der Waals surface area contributed by atoms with Crippen LogP contribution in [0.4, 0.5) is 0 Å². The second-order valence-electron chi connectivity index (χ2n) is 4.07. The normalized spacial score (nSPS) is 41.9. The molecular formula is C10H16O. The number of hydrogen-bond acceptors (Lipinski definition) is 1. The summed E-state index contributed by atoms with van der Waals surface area (Å²) in [5.74, 6) is 2.34. The lowest BCUT2D eigenvalue weighted by atomic mass is 9.85. The molecule has 2 bridgehead atoms. The van der Waals surface area contributed by atoms with Gasteiger partial charge in [-0.1, -0.05) is 13.3 Å². The molecule has 2 rings (SSSR count). The number of rotatable bonds is 2. The van der Waals surface area contributed by atoms with Crippen LogP contribution in [0, 0.1) is 17.8 Å². The fourth-order valence-electron chi connectivity index (χ4n) is 2.86. The van der Waals surface area contributed by atoms with Gasteiger partial charge in [0.1, 0.15) is 5.78 Å². The molecule has 0 radical (unpaired) electrons. The number of carbonyl (C=O) groups is 1. The summed E-state index contributed by atoms with van der Waals surface area (Å²) in [6.45, 7) is 2.18. The van der Waals surface area contributed by atoms with Gasteiger partial charge in [-0.25, -0.2) is 0 Å². The first-order valence-electron chi connectivity index (χ1n) is 4.86. The lowest BCUT2D eigenvalue weighted by Crippen LogP contribution is -2.21. The van der Waals surface area contributed by atoms with Crippen LogP contribution in [0.5, 0.6) is 0 Å². The van der Waals surface area contributed by atoms with Gasteiger partial charge in [-0.3, -0.25) is 4.79 Å². The molecule has 2 aliphatic carbocycles. The quantitative estimate of drug-likeness (QED) is 0.593. The third-order valence-electron chi connectivity index (χ3n) is 3.41. The van der Waals surface area contributed by atoms with Crippen molar-refractivity contribution >= 4 is 5.78 Å². The van der Waals surface area contributed by atoms with E-state index >= 15 is 0 Å². The van der Waals surface area contributed by atoms with Crippen LogP contribution in [-0.4, -0.2) is 5.78 Å². The standard InChI is InChI=1S/C10H16O/c1-2-3-9-7-4-5-8(6-7)10(9)11/h7-9H,2-6H2,1H3/t7-,8+,9+/m1/s1. The van der Waals surface area contributed by atoms with Crippen molar-refractivity contribution < 1.29 is 4.79 Å². The molecule has 0 aliphatic heterocycles. The van der Waals surface area contributed by atoms with Crippen LogP contribution < -0.4 is 0 Å². The van der Waals surface area contributed by atoms with Crippen molar-refractivity contribution in [3.63, 3.8) is 0 Å². The van der Waals surface area contributed by atoms with Crippen molar-refractivity contribution in [3.05, 3.63) is 0 Å². The van der Waals surface area contributed by atoms with Crippen molar-refractivity contribution in [1.82, 2.24) is 0 Å². The molecule has 0 aromatic heterocycles. The van der Waals surface area contributed by atoms with Crippen LogP contribution in [0.15, 0.2) is 0 Å². The average molecular weight is 152 g/mol. The SMILES string of the molecule is CCC[C@@H]1C(=O)[C@H]2CC[C@@H]1C2. The van der Waals surface area contributed by atoms with E-state index in [1.165, 1.54) is 25.7 Å². The Hall–Kier alpha value is -0.330. The van der Waals surface area contributed by atoms with Crippen LogP contribution in [0.25, 0.3) is 0 Å². The number of hydrogen-bond donors (Lipinski definition) is 0. The second-order valence-corrected chi connectivity index (χ2v) is 4.07. The minimum atomic E-state index is 0.471. The van der Waals surface area contributed by atoms with Crippen molar-refractivity contribution in [1.29, 1.82) is 0 Å². The zero-order chi connectivity index (χ0) is 7.84. The highest BCUT2D eigenvalue weighted by Crippen LogP contribution is 2.47. The molecule has 1 heteroatoms. The smallest absolute Gasteiger partial charge is 0.139 e. The average Bonchev–Trinajstić information content (AvgIpc) is 2.54. The summed E-state index contributed by atoms with van der Waals surface area (Å²) in [6, 6.07) is 0. The molecule has 3 atom stereocenters. The van der Waals surface area contributed by atoms with E-state index in [1.54, 1.807) is 0 Å². The molecule has 1 nitrogen and oxygen atoms in total. The van der Waals surface area contributed by atoms with Gasteiger partial charge in [-0.15, -0.1) is 0 Å². The van der Waals surface area contributed by atoms with Gasteiger partial charge >= 0.3 is 0 Å². The summed E-state index contributed by atoms with van der Waals surface area (Å²) in [7, 11) is 0. The van der Waals surface area contributed by atoms with Gasteiger partial charge in [-0.2, -0.15) is 0 Å². The summed E-state index contributed by atoms with van der Waals surface area (Å²) in [4.78, 5) is 11.6. The molecule has 0 aromatic rings. The van der Waals surface area contributed by atoms with Crippen molar-refractivity contribution in [2.24, 2.45) is 17.8 Å². The van der Waals surface area contributed by atoms with Crippen LogP contribution in [0.1, 0.15) is 39.0 Å². The minimum absolute atomic E-state index is 0.471. The van der Waals surface area contributed by atoms with Crippen molar-refractivity contribution in [2.45, 2.75) is 39.0 Å². The third kappa shape index (κ3) is 1.02. The maximum absolute atomic E-state index is 11.6. The summed E-state index contributed by atoms with van der Waals surface area (Å²) in [6.07, 6.45) is 6.09. The van der Waals surface area contributed by atoms with Gasteiger partial charge in [0.25, 0.3) is 0 Å². The highest BCUT2D eigenvalue weighted by molar-refractivity contribution is 5.86. The molecule has 0 aromatic carbocycles. The van der Waals surface area contributed by atoms with E-state index in [0.717, 1.165) is 12.3 Å².